The molecule has 0 saturated carbocycles. The molecule has 0 atom stereocenters. The van der Waals surface area contributed by atoms with Gasteiger partial charge in [0, 0.05) is 0 Å². The van der Waals surface area contributed by atoms with Crippen LogP contribution in [0.25, 0.3) is 0 Å². The Bertz CT molecular complexity index is 11.6. The second kappa shape index (κ2) is 24.6. The molecule has 0 amide bonds. The summed E-state index contributed by atoms with van der Waals surface area (Å²) in [6, 6.07) is 0. The maximum Gasteiger partial charge on any atom is 3.00 e. The van der Waals surface area contributed by atoms with E-state index < -0.39 is 0 Å². The summed E-state index contributed by atoms with van der Waals surface area (Å²) in [5.74, 6) is 0. The molecule has 0 radical (unpaired) electrons. The smallest absolute Gasteiger partial charge is 2.00 e. The molecule has 8 valence electrons. The summed E-state index contributed by atoms with van der Waals surface area (Å²) in [4.78, 5) is 0. The van der Waals surface area contributed by atoms with E-state index in [-0.39, 0.29) is 129 Å². The van der Waals surface area contributed by atoms with E-state index in [1.807, 2.05) is 0 Å². The first-order valence-electron chi connectivity index (χ1n) is 0. The Kier molecular flexibility index (Phi) is 179. The van der Waals surface area contributed by atoms with Crippen molar-refractivity contribution in [1.82, 2.24) is 0 Å². The number of rotatable bonds is 0. The van der Waals surface area contributed by atoms with Crippen molar-refractivity contribution in [3.63, 3.8) is 0 Å². The van der Waals surface area contributed by atoms with Crippen LogP contribution in [-0.2, 0) is 25.0 Å². The molecule has 0 aromatic heterocycles. The Morgan fingerprint density at radius 2 is 1.00 bits per heavy atom. The number of hydrogen-bond acceptors (Lipinski definition) is 0. The van der Waals surface area contributed by atoms with Gasteiger partial charge in [-0.3, -0.25) is 0 Å². The topological polar surface area (TPSA) is 28.5 Å². The quantitative estimate of drug-likeness (QED) is 0.497. The summed E-state index contributed by atoms with van der Waals surface area (Å²) >= 11 is 0. The van der Waals surface area contributed by atoms with Crippen LogP contribution in [0.4, 0.5) is 0 Å². The molecule has 0 unspecified atom stereocenters. The van der Waals surface area contributed by atoms with Crippen molar-refractivity contribution < 1.29 is 25.0 Å². The van der Waals surface area contributed by atoms with E-state index in [0.29, 0.717) is 0 Å². The molecule has 1 nitrogen and oxygen atoms in total. The molecule has 0 rings (SSSR count). The predicted molar refractivity (Wildman–Crippen MR) is 17.9 cm³/mol. The van der Waals surface area contributed by atoms with E-state index in [0.717, 1.165) is 0 Å². The van der Waals surface area contributed by atoms with Crippen LogP contribution in [0.2, 0.25) is 0 Å². The predicted octanol–water partition coefficient (Wildman–Crippen LogP) is -1.26. The van der Waals surface area contributed by atoms with Gasteiger partial charge in [0.05, 0.1) is 0 Å². The summed E-state index contributed by atoms with van der Waals surface area (Å²) in [5, 5.41) is 0. The Morgan fingerprint density at radius 1 is 1.00 bits per heavy atom. The molecule has 0 spiro atoms. The Morgan fingerprint density at radius 3 is 1.00 bits per heavy atom. The molecule has 0 aliphatic carbocycles. The third-order valence-electron chi connectivity index (χ3n) is 0. The molecular weight excluding hydrogens is 286 g/mol. The fourth-order valence-electron chi connectivity index (χ4n) is 0. The summed E-state index contributed by atoms with van der Waals surface area (Å²) < 4.78 is 0. The fraction of sp³-hybridized carbons (Fsp3) is 0. The molecule has 0 fully saturated rings. The molecule has 0 aromatic carbocycles. The first kappa shape index (κ1) is 36.3. The Hall–Kier alpha value is 3.95. The van der Waals surface area contributed by atoms with Crippen molar-refractivity contribution in [2.45, 2.75) is 0 Å². The van der Waals surface area contributed by atoms with Crippen LogP contribution >= 0.6 is 0 Å². The second-order valence-electron chi connectivity index (χ2n) is 0. The minimum Gasteiger partial charge on any atom is -2.00 e. The van der Waals surface area contributed by atoms with Crippen molar-refractivity contribution in [2.75, 3.05) is 0 Å². The van der Waals surface area contributed by atoms with Crippen LogP contribution < -0.4 is 0 Å². The van der Waals surface area contributed by atoms with Crippen molar-refractivity contribution in [1.29, 1.82) is 0 Å². The van der Waals surface area contributed by atoms with Crippen molar-refractivity contribution >= 4 is 104 Å². The minimum atomic E-state index is 0. The van der Waals surface area contributed by atoms with Gasteiger partial charge in [-0.2, -0.15) is 0 Å². The maximum atomic E-state index is 0. The average Bonchev–Trinajstić information content (AvgIpc) is 0. The summed E-state index contributed by atoms with van der Waals surface area (Å²) in [5.41, 5.74) is 0. The van der Waals surface area contributed by atoms with E-state index in [1.165, 1.54) is 0 Å². The minimum absolute atomic E-state index is 0. The van der Waals surface area contributed by atoms with Crippen molar-refractivity contribution in [2.24, 2.45) is 0 Å². The first-order chi connectivity index (χ1) is 0. The van der Waals surface area contributed by atoms with Gasteiger partial charge in [-0.15, -0.1) is 0 Å². The van der Waals surface area contributed by atoms with Gasteiger partial charge in [0.15, 0.2) is 0 Å². The average molecular weight is 286 g/mol. The first-order valence-corrected chi connectivity index (χ1v) is 0. The van der Waals surface area contributed by atoms with E-state index >= 15 is 0 Å². The standard InChI is InChI=1S/Al.Ba.Ca.O.Zn/q+3;2*+2;-2;+2. The second-order valence-corrected chi connectivity index (χ2v) is 0. The molecule has 0 aromatic rings. The third kappa shape index (κ3) is 18.0. The summed E-state index contributed by atoms with van der Waals surface area (Å²) in [6.07, 6.45) is 0. The SMILES string of the molecule is [Al+3].[Ba+2].[Ca+2].[O-2].[Zn+2]. The molecule has 0 aliphatic heterocycles. The van der Waals surface area contributed by atoms with E-state index in [9.17, 15) is 0 Å². The molecule has 0 aliphatic rings. The third-order valence-corrected chi connectivity index (χ3v) is 0. The molecule has 5 heteroatoms. The van der Waals surface area contributed by atoms with Gasteiger partial charge < -0.3 is 5.48 Å². The monoisotopic (exact) mass is 285 g/mol. The Balaban J connectivity index is 0. The van der Waals surface area contributed by atoms with Crippen LogP contribution in [-0.4, -0.2) is 104 Å². The van der Waals surface area contributed by atoms with Crippen LogP contribution in [0.5, 0.6) is 0 Å². The van der Waals surface area contributed by atoms with Crippen molar-refractivity contribution in [3.05, 3.63) is 0 Å². The Labute approximate surface area is 125 Å². The largest absolute Gasteiger partial charge is 3.00 e. The normalized spacial score (nSPS) is 0. The number of hydrogen-bond donors (Lipinski definition) is 0. The zero-order valence-electron chi connectivity index (χ0n) is 3.11. The summed E-state index contributed by atoms with van der Waals surface area (Å²) in [7, 11) is 0. The zero-order valence-corrected chi connectivity index (χ0v) is 13.9. The molecule has 5 heavy (non-hydrogen) atoms. The zero-order chi connectivity index (χ0) is 0. The van der Waals surface area contributed by atoms with E-state index in [1.54, 1.807) is 0 Å². The van der Waals surface area contributed by atoms with Gasteiger partial charge in [0.25, 0.3) is 0 Å². The van der Waals surface area contributed by atoms with Crippen molar-refractivity contribution in [3.8, 4) is 0 Å². The summed E-state index contributed by atoms with van der Waals surface area (Å²) in [6.45, 7) is 0. The van der Waals surface area contributed by atoms with Gasteiger partial charge >= 0.3 is 123 Å². The van der Waals surface area contributed by atoms with Gasteiger partial charge in [0.1, 0.15) is 0 Å². The van der Waals surface area contributed by atoms with Gasteiger partial charge in [-0.25, -0.2) is 0 Å². The molecule has 0 saturated heterocycles. The molecule has 0 N–H and O–H groups in total. The fourth-order valence-corrected chi connectivity index (χ4v) is 0. The van der Waals surface area contributed by atoms with E-state index in [2.05, 4.69) is 0 Å². The van der Waals surface area contributed by atoms with Gasteiger partial charge in [0.2, 0.25) is 0 Å². The molecule has 0 heterocycles. The molecular formula is AlBaCaOZn+7. The van der Waals surface area contributed by atoms with Gasteiger partial charge in [-0.05, 0) is 0 Å². The van der Waals surface area contributed by atoms with Crippen LogP contribution in [0.3, 0.4) is 0 Å². The maximum absolute atomic E-state index is 0. The van der Waals surface area contributed by atoms with Crippen LogP contribution in [0.15, 0.2) is 0 Å². The van der Waals surface area contributed by atoms with Crippen LogP contribution in [0, 0.1) is 0 Å². The van der Waals surface area contributed by atoms with Gasteiger partial charge in [-0.1, -0.05) is 0 Å². The molecule has 0 bridgehead atoms. The van der Waals surface area contributed by atoms with E-state index in [4.69, 9.17) is 0 Å². The van der Waals surface area contributed by atoms with Crippen LogP contribution in [0.1, 0.15) is 0 Å².